The number of nitro benzene ring substituents is 1. The summed E-state index contributed by atoms with van der Waals surface area (Å²) in [5.74, 6) is -0.564. The van der Waals surface area contributed by atoms with E-state index in [2.05, 4.69) is 33.0 Å². The summed E-state index contributed by atoms with van der Waals surface area (Å²) in [6.07, 6.45) is 3.07. The van der Waals surface area contributed by atoms with Crippen molar-refractivity contribution in [2.24, 2.45) is 10.8 Å². The van der Waals surface area contributed by atoms with Gasteiger partial charge in [-0.25, -0.2) is 4.39 Å². The zero-order valence-electron chi connectivity index (χ0n) is 13.1. The summed E-state index contributed by atoms with van der Waals surface area (Å²) in [5.41, 5.74) is 0.536. The SMILES string of the molecule is CC1(C)CC(Nc2ccc([N+](=O)[O-])cc2F)CC(C)(C)C1. The monoisotopic (exact) mass is 294 g/mol. The first-order valence-corrected chi connectivity index (χ1v) is 7.29. The van der Waals surface area contributed by atoms with Gasteiger partial charge in [-0.3, -0.25) is 10.1 Å². The summed E-state index contributed by atoms with van der Waals surface area (Å²) in [6, 6.07) is 3.95. The van der Waals surface area contributed by atoms with Gasteiger partial charge in [0.05, 0.1) is 16.7 Å². The minimum absolute atomic E-state index is 0.180. The van der Waals surface area contributed by atoms with Crippen molar-refractivity contribution in [3.05, 3.63) is 34.1 Å². The lowest BCUT2D eigenvalue weighted by molar-refractivity contribution is -0.385. The third-order valence-corrected chi connectivity index (χ3v) is 4.08. The normalized spacial score (nSPS) is 21.0. The maximum atomic E-state index is 14.0. The maximum Gasteiger partial charge on any atom is 0.272 e. The molecule has 21 heavy (non-hydrogen) atoms. The second kappa shape index (κ2) is 5.28. The first-order chi connectivity index (χ1) is 9.58. The fourth-order valence-electron chi connectivity index (χ4n) is 3.90. The Bertz CT molecular complexity index is 539. The molecule has 1 N–H and O–H groups in total. The molecule has 0 heterocycles. The van der Waals surface area contributed by atoms with Gasteiger partial charge in [0.25, 0.3) is 5.69 Å². The lowest BCUT2D eigenvalue weighted by atomic mass is 9.63. The number of anilines is 1. The van der Waals surface area contributed by atoms with Crippen LogP contribution in [-0.4, -0.2) is 11.0 Å². The average Bonchev–Trinajstić information content (AvgIpc) is 2.27. The minimum atomic E-state index is -0.584. The molecule has 1 aromatic carbocycles. The summed E-state index contributed by atoms with van der Waals surface area (Å²) in [7, 11) is 0. The Morgan fingerprint density at radius 1 is 1.24 bits per heavy atom. The smallest absolute Gasteiger partial charge is 0.272 e. The van der Waals surface area contributed by atoms with Crippen molar-refractivity contribution in [3.8, 4) is 0 Å². The highest BCUT2D eigenvalue weighted by Crippen LogP contribution is 2.46. The van der Waals surface area contributed by atoms with E-state index in [1.165, 1.54) is 12.1 Å². The number of hydrogen-bond donors (Lipinski definition) is 1. The molecule has 0 bridgehead atoms. The molecule has 0 unspecified atom stereocenters. The molecule has 1 aliphatic carbocycles. The van der Waals surface area contributed by atoms with Crippen molar-refractivity contribution in [1.82, 2.24) is 0 Å². The molecule has 5 heteroatoms. The molecule has 0 aromatic heterocycles. The standard InChI is InChI=1S/C16H23FN2O2/c1-15(2)8-11(9-16(3,4)10-15)18-14-6-5-12(19(20)21)7-13(14)17/h5-7,11,18H,8-10H2,1-4H3. The minimum Gasteiger partial charge on any atom is -0.380 e. The van der Waals surface area contributed by atoms with Gasteiger partial charge < -0.3 is 5.32 Å². The van der Waals surface area contributed by atoms with Gasteiger partial charge in [-0.2, -0.15) is 0 Å². The highest BCUT2D eigenvalue weighted by molar-refractivity contribution is 5.50. The first kappa shape index (κ1) is 15.7. The van der Waals surface area contributed by atoms with Crippen molar-refractivity contribution >= 4 is 11.4 Å². The first-order valence-electron chi connectivity index (χ1n) is 7.29. The van der Waals surface area contributed by atoms with E-state index in [4.69, 9.17) is 0 Å². The number of nitro groups is 1. The van der Waals surface area contributed by atoms with Crippen LogP contribution in [0, 0.1) is 26.8 Å². The third kappa shape index (κ3) is 3.93. The second-order valence-electron chi connectivity index (χ2n) is 7.68. The number of non-ortho nitro benzene ring substituents is 1. The van der Waals surface area contributed by atoms with Gasteiger partial charge in [-0.15, -0.1) is 0 Å². The zero-order chi connectivity index (χ0) is 15.8. The van der Waals surface area contributed by atoms with Crippen LogP contribution in [0.15, 0.2) is 18.2 Å². The summed E-state index contributed by atoms with van der Waals surface area (Å²) >= 11 is 0. The van der Waals surface area contributed by atoms with E-state index in [1.54, 1.807) is 0 Å². The lowest BCUT2D eigenvalue weighted by Crippen LogP contribution is -2.40. The summed E-state index contributed by atoms with van der Waals surface area (Å²) < 4.78 is 14.0. The summed E-state index contributed by atoms with van der Waals surface area (Å²) in [4.78, 5) is 10.1. The number of halogens is 1. The van der Waals surface area contributed by atoms with Gasteiger partial charge in [-0.1, -0.05) is 27.7 Å². The van der Waals surface area contributed by atoms with E-state index in [9.17, 15) is 14.5 Å². The van der Waals surface area contributed by atoms with E-state index >= 15 is 0 Å². The zero-order valence-corrected chi connectivity index (χ0v) is 13.1. The number of nitrogens with one attached hydrogen (secondary N) is 1. The molecular weight excluding hydrogens is 271 g/mol. The predicted molar refractivity (Wildman–Crippen MR) is 81.9 cm³/mol. The van der Waals surface area contributed by atoms with Crippen molar-refractivity contribution in [2.45, 2.75) is 53.0 Å². The van der Waals surface area contributed by atoms with E-state index in [-0.39, 0.29) is 22.6 Å². The van der Waals surface area contributed by atoms with E-state index in [1.807, 2.05) is 0 Å². The molecule has 116 valence electrons. The van der Waals surface area contributed by atoms with Gasteiger partial charge in [-0.05, 0) is 36.2 Å². The summed E-state index contributed by atoms with van der Waals surface area (Å²) in [6.45, 7) is 8.92. The Morgan fingerprint density at radius 2 is 1.81 bits per heavy atom. The van der Waals surface area contributed by atoms with Crippen molar-refractivity contribution in [1.29, 1.82) is 0 Å². The Kier molecular flexibility index (Phi) is 3.95. The van der Waals surface area contributed by atoms with Gasteiger partial charge in [0, 0.05) is 12.1 Å². The molecule has 1 aromatic rings. The van der Waals surface area contributed by atoms with Crippen LogP contribution in [0.5, 0.6) is 0 Å². The molecule has 1 fully saturated rings. The van der Waals surface area contributed by atoms with Gasteiger partial charge in [0.2, 0.25) is 0 Å². The molecule has 0 saturated heterocycles. The van der Waals surface area contributed by atoms with E-state index in [0.717, 1.165) is 25.3 Å². The van der Waals surface area contributed by atoms with E-state index < -0.39 is 10.7 Å². The molecular formula is C16H23FN2O2. The molecule has 1 saturated carbocycles. The van der Waals surface area contributed by atoms with Gasteiger partial charge in [0.15, 0.2) is 5.82 Å². The molecule has 1 aliphatic rings. The average molecular weight is 294 g/mol. The highest BCUT2D eigenvalue weighted by Gasteiger charge is 2.38. The quantitative estimate of drug-likeness (QED) is 0.646. The fraction of sp³-hybridized carbons (Fsp3) is 0.625. The van der Waals surface area contributed by atoms with Crippen LogP contribution in [0.2, 0.25) is 0 Å². The molecule has 0 amide bonds. The molecule has 0 aliphatic heterocycles. The van der Waals surface area contributed by atoms with Crippen LogP contribution in [0.4, 0.5) is 15.8 Å². The maximum absolute atomic E-state index is 14.0. The van der Waals surface area contributed by atoms with Crippen molar-refractivity contribution < 1.29 is 9.31 Å². The van der Waals surface area contributed by atoms with Crippen LogP contribution < -0.4 is 5.32 Å². The number of benzene rings is 1. The molecule has 0 spiro atoms. The number of hydrogen-bond acceptors (Lipinski definition) is 3. The Morgan fingerprint density at radius 3 is 2.29 bits per heavy atom. The fourth-order valence-corrected chi connectivity index (χ4v) is 3.90. The second-order valence-corrected chi connectivity index (χ2v) is 7.68. The Balaban J connectivity index is 2.16. The van der Waals surface area contributed by atoms with Crippen LogP contribution in [0.1, 0.15) is 47.0 Å². The third-order valence-electron chi connectivity index (χ3n) is 4.08. The largest absolute Gasteiger partial charge is 0.380 e. The van der Waals surface area contributed by atoms with Crippen LogP contribution in [0.3, 0.4) is 0 Å². The molecule has 2 rings (SSSR count). The van der Waals surface area contributed by atoms with Crippen molar-refractivity contribution in [3.63, 3.8) is 0 Å². The summed E-state index contributed by atoms with van der Waals surface area (Å²) in [5, 5.41) is 13.9. The van der Waals surface area contributed by atoms with Crippen LogP contribution >= 0.6 is 0 Å². The topological polar surface area (TPSA) is 55.2 Å². The molecule has 4 nitrogen and oxygen atoms in total. The predicted octanol–water partition coefficient (Wildman–Crippen LogP) is 4.75. The van der Waals surface area contributed by atoms with Gasteiger partial charge in [0.1, 0.15) is 0 Å². The number of nitrogens with zero attached hydrogens (tertiary/aromatic N) is 1. The van der Waals surface area contributed by atoms with Crippen molar-refractivity contribution in [2.75, 3.05) is 5.32 Å². The Hall–Kier alpha value is -1.65. The number of rotatable bonds is 3. The molecule has 0 atom stereocenters. The van der Waals surface area contributed by atoms with Crippen LogP contribution in [-0.2, 0) is 0 Å². The van der Waals surface area contributed by atoms with Gasteiger partial charge >= 0.3 is 0 Å². The molecule has 0 radical (unpaired) electrons. The van der Waals surface area contributed by atoms with Crippen LogP contribution in [0.25, 0.3) is 0 Å². The lowest BCUT2D eigenvalue weighted by Gasteiger charge is -2.45. The van der Waals surface area contributed by atoms with E-state index in [0.29, 0.717) is 5.69 Å². The highest BCUT2D eigenvalue weighted by atomic mass is 19.1. The Labute approximate surface area is 124 Å².